The van der Waals surface area contributed by atoms with Gasteiger partial charge in [-0.1, -0.05) is 19.1 Å². The van der Waals surface area contributed by atoms with Gasteiger partial charge in [0.05, 0.1) is 6.61 Å². The minimum atomic E-state index is 0. The van der Waals surface area contributed by atoms with Crippen molar-refractivity contribution in [2.45, 2.75) is 26.3 Å². The first kappa shape index (κ1) is 19.5. The molecule has 1 N–H and O–H groups in total. The molecule has 0 spiro atoms. The van der Waals surface area contributed by atoms with Crippen LogP contribution in [-0.4, -0.2) is 37.7 Å². The standard InChI is InChI=1S/C15H24N2O.2ClH/c1-3-15(17-10-8-16-9-11-17)13-6-5-7-14(12-13)18-4-2;;/h5-7,12,15-16H,3-4,8-11H2,1-2H3;2*1H/t15-;;/m1../s1. The zero-order chi connectivity index (χ0) is 12.8. The molecule has 116 valence electrons. The quantitative estimate of drug-likeness (QED) is 0.901. The van der Waals surface area contributed by atoms with Gasteiger partial charge in [0, 0.05) is 32.2 Å². The van der Waals surface area contributed by atoms with E-state index in [4.69, 9.17) is 4.74 Å². The predicted molar refractivity (Wildman–Crippen MR) is 89.6 cm³/mol. The van der Waals surface area contributed by atoms with Crippen LogP contribution in [0.2, 0.25) is 0 Å². The number of halogens is 2. The van der Waals surface area contributed by atoms with Crippen LogP contribution in [0.4, 0.5) is 0 Å². The third-order valence-electron chi connectivity index (χ3n) is 3.53. The van der Waals surface area contributed by atoms with Gasteiger partial charge in [0.2, 0.25) is 0 Å². The van der Waals surface area contributed by atoms with E-state index >= 15 is 0 Å². The number of hydrogen-bond acceptors (Lipinski definition) is 3. The normalized spacial score (nSPS) is 16.7. The molecule has 1 aliphatic heterocycles. The van der Waals surface area contributed by atoms with E-state index in [9.17, 15) is 0 Å². The van der Waals surface area contributed by atoms with Gasteiger partial charge in [-0.05, 0) is 31.0 Å². The lowest BCUT2D eigenvalue weighted by Crippen LogP contribution is -2.45. The predicted octanol–water partition coefficient (Wildman–Crippen LogP) is 3.29. The van der Waals surface area contributed by atoms with Gasteiger partial charge in [-0.25, -0.2) is 0 Å². The fourth-order valence-electron chi connectivity index (χ4n) is 2.68. The highest BCUT2D eigenvalue weighted by Gasteiger charge is 2.20. The Kier molecular flexibility index (Phi) is 10.0. The molecule has 0 unspecified atom stereocenters. The SMILES string of the molecule is CCOc1cccc([C@@H](CC)N2CCNCC2)c1.Cl.Cl. The number of nitrogens with one attached hydrogen (secondary N) is 1. The lowest BCUT2D eigenvalue weighted by molar-refractivity contribution is 0.169. The van der Waals surface area contributed by atoms with Crippen LogP contribution in [0.1, 0.15) is 31.9 Å². The van der Waals surface area contributed by atoms with Crippen molar-refractivity contribution < 1.29 is 4.74 Å². The Morgan fingerprint density at radius 3 is 2.50 bits per heavy atom. The van der Waals surface area contributed by atoms with Crippen molar-refractivity contribution in [3.05, 3.63) is 29.8 Å². The molecule has 1 heterocycles. The number of rotatable bonds is 5. The lowest BCUT2D eigenvalue weighted by atomic mass is 10.0. The molecule has 2 rings (SSSR count). The minimum Gasteiger partial charge on any atom is -0.494 e. The van der Waals surface area contributed by atoms with Gasteiger partial charge in [0.15, 0.2) is 0 Å². The van der Waals surface area contributed by atoms with Crippen molar-refractivity contribution in [2.24, 2.45) is 0 Å². The van der Waals surface area contributed by atoms with Crippen LogP contribution in [-0.2, 0) is 0 Å². The number of nitrogens with zero attached hydrogens (tertiary/aromatic N) is 1. The van der Waals surface area contributed by atoms with Crippen LogP contribution in [0.3, 0.4) is 0 Å². The Balaban J connectivity index is 0.00000180. The summed E-state index contributed by atoms with van der Waals surface area (Å²) in [4.78, 5) is 2.57. The van der Waals surface area contributed by atoms with E-state index in [0.717, 1.165) is 45.0 Å². The molecule has 0 bridgehead atoms. The third kappa shape index (κ3) is 5.13. The Bertz CT molecular complexity index is 371. The maximum atomic E-state index is 5.60. The van der Waals surface area contributed by atoms with E-state index in [1.165, 1.54) is 5.56 Å². The second kappa shape index (κ2) is 10.3. The fraction of sp³-hybridized carbons (Fsp3) is 0.600. The number of piperazine rings is 1. The van der Waals surface area contributed by atoms with Gasteiger partial charge < -0.3 is 10.1 Å². The molecule has 0 aromatic heterocycles. The lowest BCUT2D eigenvalue weighted by Gasteiger charge is -2.34. The first-order valence-electron chi connectivity index (χ1n) is 7.02. The second-order valence-corrected chi connectivity index (χ2v) is 4.72. The molecule has 1 atom stereocenters. The van der Waals surface area contributed by atoms with Crippen LogP contribution in [0, 0.1) is 0 Å². The highest BCUT2D eigenvalue weighted by molar-refractivity contribution is 5.85. The number of benzene rings is 1. The largest absolute Gasteiger partial charge is 0.494 e. The Morgan fingerprint density at radius 1 is 1.20 bits per heavy atom. The van der Waals surface area contributed by atoms with E-state index < -0.39 is 0 Å². The summed E-state index contributed by atoms with van der Waals surface area (Å²) >= 11 is 0. The van der Waals surface area contributed by atoms with Gasteiger partial charge >= 0.3 is 0 Å². The van der Waals surface area contributed by atoms with Gasteiger partial charge in [-0.15, -0.1) is 24.8 Å². The summed E-state index contributed by atoms with van der Waals surface area (Å²) in [6.45, 7) is 9.49. The van der Waals surface area contributed by atoms with E-state index in [-0.39, 0.29) is 24.8 Å². The molecule has 1 saturated heterocycles. The summed E-state index contributed by atoms with van der Waals surface area (Å²) in [5, 5.41) is 3.41. The average molecular weight is 321 g/mol. The first-order valence-corrected chi connectivity index (χ1v) is 7.02. The Hall–Kier alpha value is -0.480. The Labute approximate surface area is 134 Å². The van der Waals surface area contributed by atoms with Gasteiger partial charge in [0.25, 0.3) is 0 Å². The molecule has 0 aliphatic carbocycles. The highest BCUT2D eigenvalue weighted by atomic mass is 35.5. The summed E-state index contributed by atoms with van der Waals surface area (Å²) in [5.74, 6) is 0.989. The van der Waals surface area contributed by atoms with Gasteiger partial charge in [-0.2, -0.15) is 0 Å². The monoisotopic (exact) mass is 320 g/mol. The number of hydrogen-bond donors (Lipinski definition) is 1. The fourth-order valence-corrected chi connectivity index (χ4v) is 2.68. The van der Waals surface area contributed by atoms with Crippen LogP contribution in [0.15, 0.2) is 24.3 Å². The van der Waals surface area contributed by atoms with Crippen molar-refractivity contribution in [3.63, 3.8) is 0 Å². The van der Waals surface area contributed by atoms with E-state index in [2.05, 4.69) is 35.3 Å². The van der Waals surface area contributed by atoms with Crippen molar-refractivity contribution >= 4 is 24.8 Å². The molecule has 1 aromatic rings. The summed E-state index contributed by atoms with van der Waals surface area (Å²) in [5.41, 5.74) is 1.38. The molecule has 0 amide bonds. The first-order chi connectivity index (χ1) is 8.85. The summed E-state index contributed by atoms with van der Waals surface area (Å²) in [6, 6.07) is 9.08. The van der Waals surface area contributed by atoms with Crippen molar-refractivity contribution in [1.29, 1.82) is 0 Å². The van der Waals surface area contributed by atoms with E-state index in [1.807, 2.05) is 13.0 Å². The zero-order valence-electron chi connectivity index (χ0n) is 12.3. The molecule has 3 nitrogen and oxygen atoms in total. The molecular weight excluding hydrogens is 295 g/mol. The molecular formula is C15H26Cl2N2O. The van der Waals surface area contributed by atoms with Gasteiger partial charge in [0.1, 0.15) is 5.75 Å². The molecule has 0 radical (unpaired) electrons. The molecule has 1 fully saturated rings. The molecule has 0 saturated carbocycles. The second-order valence-electron chi connectivity index (χ2n) is 4.72. The zero-order valence-corrected chi connectivity index (χ0v) is 13.9. The number of ether oxygens (including phenoxy) is 1. The average Bonchev–Trinajstić information content (AvgIpc) is 2.42. The molecule has 5 heteroatoms. The topological polar surface area (TPSA) is 24.5 Å². The molecule has 1 aromatic carbocycles. The minimum absolute atomic E-state index is 0. The van der Waals surface area contributed by atoms with Crippen molar-refractivity contribution in [3.8, 4) is 5.75 Å². The van der Waals surface area contributed by atoms with Crippen LogP contribution >= 0.6 is 24.8 Å². The van der Waals surface area contributed by atoms with Crippen LogP contribution in [0.5, 0.6) is 5.75 Å². The van der Waals surface area contributed by atoms with Crippen LogP contribution in [0.25, 0.3) is 0 Å². The summed E-state index contributed by atoms with van der Waals surface area (Å²) in [6.07, 6.45) is 1.15. The highest BCUT2D eigenvalue weighted by Crippen LogP contribution is 2.27. The van der Waals surface area contributed by atoms with E-state index in [1.54, 1.807) is 0 Å². The smallest absolute Gasteiger partial charge is 0.119 e. The van der Waals surface area contributed by atoms with Crippen LogP contribution < -0.4 is 10.1 Å². The maximum Gasteiger partial charge on any atom is 0.119 e. The summed E-state index contributed by atoms with van der Waals surface area (Å²) in [7, 11) is 0. The van der Waals surface area contributed by atoms with Gasteiger partial charge in [-0.3, -0.25) is 4.90 Å². The molecule has 20 heavy (non-hydrogen) atoms. The van der Waals surface area contributed by atoms with E-state index in [0.29, 0.717) is 6.04 Å². The third-order valence-corrected chi connectivity index (χ3v) is 3.53. The Morgan fingerprint density at radius 2 is 1.90 bits per heavy atom. The molecule has 1 aliphatic rings. The maximum absolute atomic E-state index is 5.60. The van der Waals surface area contributed by atoms with Crippen molar-refractivity contribution in [2.75, 3.05) is 32.8 Å². The van der Waals surface area contributed by atoms with Crippen molar-refractivity contribution in [1.82, 2.24) is 10.2 Å². The summed E-state index contributed by atoms with van der Waals surface area (Å²) < 4.78 is 5.60.